The van der Waals surface area contributed by atoms with E-state index in [9.17, 15) is 9.59 Å². The highest BCUT2D eigenvalue weighted by molar-refractivity contribution is 7.92. The van der Waals surface area contributed by atoms with Crippen LogP contribution in [0.15, 0.2) is 65.2 Å². The van der Waals surface area contributed by atoms with E-state index < -0.39 is 27.6 Å². The monoisotopic (exact) mass is 849 g/mol. The van der Waals surface area contributed by atoms with Gasteiger partial charge in [0.15, 0.2) is 0 Å². The molecule has 59 heavy (non-hydrogen) atoms. The van der Waals surface area contributed by atoms with Crippen molar-refractivity contribution in [2.24, 2.45) is 22.1 Å². The highest BCUT2D eigenvalue weighted by Crippen LogP contribution is 2.47. The van der Waals surface area contributed by atoms with Crippen LogP contribution in [-0.2, 0) is 47.3 Å². The molecule has 8 rings (SSSR count). The van der Waals surface area contributed by atoms with E-state index in [1.807, 2.05) is 37.4 Å². The molecule has 0 radical (unpaired) electrons. The molecule has 2 fully saturated rings. The number of carbonyl (C=O) groups is 2. The molecule has 3 aromatic rings. The summed E-state index contributed by atoms with van der Waals surface area (Å²) in [6.07, 6.45) is 12.5. The first-order valence-electron chi connectivity index (χ1n) is 21.1. The molecule has 4 heterocycles. The van der Waals surface area contributed by atoms with E-state index in [0.29, 0.717) is 69.7 Å². The Labute approximate surface area is 352 Å². The van der Waals surface area contributed by atoms with Gasteiger partial charge in [0, 0.05) is 74.1 Å². The lowest BCUT2D eigenvalue weighted by Gasteiger charge is -2.46. The summed E-state index contributed by atoms with van der Waals surface area (Å²) in [5, 5.41) is 5.19. The second-order valence-corrected chi connectivity index (χ2v) is 19.1. The molecule has 1 unspecified atom stereocenters. The van der Waals surface area contributed by atoms with Crippen LogP contribution >= 0.6 is 11.6 Å². The summed E-state index contributed by atoms with van der Waals surface area (Å²) in [6.45, 7) is 5.51. The Hall–Kier alpha value is -3.95. The minimum absolute atomic E-state index is 0.131. The first kappa shape index (κ1) is 41.8. The van der Waals surface area contributed by atoms with Crippen LogP contribution in [0.25, 0.3) is 0 Å². The number of rotatable bonds is 9. The van der Waals surface area contributed by atoms with E-state index in [1.165, 1.54) is 11.1 Å². The predicted octanol–water partition coefficient (Wildman–Crippen LogP) is 6.56. The number of anilines is 1. The number of aryl methyl sites for hydroxylation is 2. The van der Waals surface area contributed by atoms with Crippen molar-refractivity contribution in [1.29, 1.82) is 0 Å². The number of carbonyl (C=O) groups excluding carboxylic acids is 2. The maximum absolute atomic E-state index is 15.0. The van der Waals surface area contributed by atoms with Crippen LogP contribution in [0.3, 0.4) is 0 Å². The third-order valence-electron chi connectivity index (χ3n) is 12.7. The SMILES string of the molecule is CCn1ccc(OC[C@H]2C/C=C\[C@H](OC)[C@@H]3CC[C@H]3CN3C[C@@]4(CCCc5cc(Cl)ccc54)COc4ccc(cc43)C(=O)N=S(=O)(NC(=O)COC3CCOCC3)C2)n1. The number of fused-ring (bicyclic) bond motifs is 4. The smallest absolute Gasteiger partial charge is 0.286 e. The van der Waals surface area contributed by atoms with Gasteiger partial charge in [0.1, 0.15) is 22.3 Å². The van der Waals surface area contributed by atoms with E-state index >= 15 is 4.21 Å². The molecule has 1 N–H and O–H groups in total. The van der Waals surface area contributed by atoms with Gasteiger partial charge in [-0.25, -0.2) is 4.21 Å². The molecule has 13 nitrogen and oxygen atoms in total. The largest absolute Gasteiger partial charge is 0.490 e. The fraction of sp³-hybridized carbons (Fsp3) is 0.568. The Morgan fingerprint density at radius 1 is 1.12 bits per heavy atom. The number of nitrogens with zero attached hydrogens (tertiary/aromatic N) is 4. The zero-order valence-corrected chi connectivity index (χ0v) is 35.6. The zero-order chi connectivity index (χ0) is 41.0. The number of halogens is 1. The van der Waals surface area contributed by atoms with Crippen LogP contribution in [0.4, 0.5) is 5.69 Å². The van der Waals surface area contributed by atoms with E-state index in [2.05, 4.69) is 37.3 Å². The molecule has 318 valence electrons. The first-order chi connectivity index (χ1) is 28.6. The van der Waals surface area contributed by atoms with Gasteiger partial charge in [-0.3, -0.25) is 19.0 Å². The van der Waals surface area contributed by atoms with Crippen molar-refractivity contribution in [3.63, 3.8) is 0 Å². The topological polar surface area (TPSA) is 143 Å². The second kappa shape index (κ2) is 18.3. The van der Waals surface area contributed by atoms with Crippen LogP contribution in [-0.4, -0.2) is 97.0 Å². The van der Waals surface area contributed by atoms with E-state index in [0.717, 1.165) is 49.4 Å². The summed E-state index contributed by atoms with van der Waals surface area (Å²) in [6, 6.07) is 13.3. The molecule has 1 spiro atoms. The average molecular weight is 850 g/mol. The number of ether oxygens (including phenoxy) is 5. The van der Waals surface area contributed by atoms with Gasteiger partial charge in [-0.2, -0.15) is 0 Å². The number of benzene rings is 2. The summed E-state index contributed by atoms with van der Waals surface area (Å²) in [5.41, 5.74) is 3.28. The summed E-state index contributed by atoms with van der Waals surface area (Å²) >= 11 is 6.49. The van der Waals surface area contributed by atoms with Crippen LogP contribution < -0.4 is 19.1 Å². The Morgan fingerprint density at radius 3 is 2.76 bits per heavy atom. The van der Waals surface area contributed by atoms with Crippen LogP contribution in [0, 0.1) is 17.8 Å². The molecular weight excluding hydrogens is 794 g/mol. The van der Waals surface area contributed by atoms with Gasteiger partial charge >= 0.3 is 0 Å². The molecule has 5 aliphatic rings. The minimum atomic E-state index is -3.70. The third-order valence-corrected chi connectivity index (χ3v) is 14.9. The minimum Gasteiger partial charge on any atom is -0.490 e. The Morgan fingerprint density at radius 2 is 1.98 bits per heavy atom. The lowest BCUT2D eigenvalue weighted by Crippen LogP contribution is -2.49. The standard InChI is InChI=1S/C44H56ClN5O8S/c1-3-50-19-15-42(46-50)57-25-30-6-4-8-39(54-2)36-12-9-33(36)24-49-28-44(18-5-7-31-22-34(45)11-13-37(31)44)29-58-40-14-10-32(23-38(40)49)43(52)48-59(53,27-30)47-41(51)26-56-35-16-20-55-21-17-35/h4,8,10-11,13-15,19,22-23,30,33,35-36,39H,3,5-7,9,12,16-18,20-21,24-29H2,1-2H3,(H,47,48,51,52,53)/b8-4-/t30-,33+,36-,39+,44+,59?/m1/s1. The van der Waals surface area contributed by atoms with Gasteiger partial charge in [-0.05, 0) is 112 Å². The van der Waals surface area contributed by atoms with E-state index in [4.69, 9.17) is 35.3 Å². The number of allylic oxidation sites excluding steroid dienone is 1. The van der Waals surface area contributed by atoms with Gasteiger partial charge < -0.3 is 28.6 Å². The summed E-state index contributed by atoms with van der Waals surface area (Å²) in [4.78, 5) is 30.2. The molecule has 2 bridgehead atoms. The number of nitrogens with one attached hydrogen (secondary N) is 1. The van der Waals surface area contributed by atoms with Gasteiger partial charge in [0.25, 0.3) is 11.8 Å². The van der Waals surface area contributed by atoms with Crippen LogP contribution in [0.5, 0.6) is 11.6 Å². The highest BCUT2D eigenvalue weighted by atomic mass is 35.5. The molecule has 2 amide bonds. The summed E-state index contributed by atoms with van der Waals surface area (Å²) in [5.74, 6) is -0.132. The van der Waals surface area contributed by atoms with Crippen molar-refractivity contribution in [2.75, 3.05) is 63.9 Å². The van der Waals surface area contributed by atoms with E-state index in [1.54, 1.807) is 23.9 Å². The maximum atomic E-state index is 15.0. The molecular formula is C44H56ClN5O8S. The predicted molar refractivity (Wildman–Crippen MR) is 226 cm³/mol. The van der Waals surface area contributed by atoms with Crippen molar-refractivity contribution in [3.05, 3.63) is 82.5 Å². The Bertz CT molecular complexity index is 2150. The van der Waals surface area contributed by atoms with Crippen LogP contribution in [0.2, 0.25) is 5.02 Å². The number of amides is 2. The van der Waals surface area contributed by atoms with Gasteiger partial charge in [0.05, 0.1) is 36.9 Å². The summed E-state index contributed by atoms with van der Waals surface area (Å²) in [7, 11) is -1.95. The van der Waals surface area contributed by atoms with Crippen LogP contribution in [0.1, 0.15) is 73.4 Å². The molecule has 1 aromatic heterocycles. The molecule has 15 heteroatoms. The van der Waals surface area contributed by atoms with Crippen molar-refractivity contribution in [1.82, 2.24) is 14.5 Å². The summed E-state index contributed by atoms with van der Waals surface area (Å²) < 4.78 is 54.1. The Kier molecular flexibility index (Phi) is 13.0. The second-order valence-electron chi connectivity index (χ2n) is 16.7. The zero-order valence-electron chi connectivity index (χ0n) is 34.0. The fourth-order valence-electron chi connectivity index (χ4n) is 9.42. The fourth-order valence-corrected chi connectivity index (χ4v) is 11.5. The molecule has 1 saturated carbocycles. The van der Waals surface area contributed by atoms with Crippen molar-refractivity contribution >= 4 is 39.0 Å². The molecule has 6 atom stereocenters. The van der Waals surface area contributed by atoms with Gasteiger partial charge in [-0.1, -0.05) is 29.8 Å². The maximum Gasteiger partial charge on any atom is 0.286 e. The molecule has 2 aromatic carbocycles. The van der Waals surface area contributed by atoms with Crippen molar-refractivity contribution in [3.8, 4) is 11.6 Å². The lowest BCUT2D eigenvalue weighted by atomic mass is 9.68. The lowest BCUT2D eigenvalue weighted by molar-refractivity contribution is -0.128. The molecule has 2 aliphatic carbocycles. The number of hydrogen-bond donors (Lipinski definition) is 1. The third kappa shape index (κ3) is 9.67. The quantitative estimate of drug-likeness (QED) is 0.235. The number of aromatic nitrogens is 2. The van der Waals surface area contributed by atoms with Crippen molar-refractivity contribution < 1.29 is 37.5 Å². The Balaban J connectivity index is 1.15. The normalized spacial score (nSPS) is 29.2. The van der Waals surface area contributed by atoms with Gasteiger partial charge in [-0.15, -0.1) is 9.46 Å². The van der Waals surface area contributed by atoms with Crippen molar-refractivity contribution in [2.45, 2.75) is 82.5 Å². The van der Waals surface area contributed by atoms with Gasteiger partial charge in [0.2, 0.25) is 5.88 Å². The highest BCUT2D eigenvalue weighted by Gasteiger charge is 2.44. The van der Waals surface area contributed by atoms with E-state index in [-0.39, 0.29) is 48.1 Å². The molecule has 3 aliphatic heterocycles. The molecule has 1 saturated heterocycles. The number of hydrogen-bond acceptors (Lipinski definition) is 10. The average Bonchev–Trinajstić information content (AvgIpc) is 3.64. The first-order valence-corrected chi connectivity index (χ1v) is 23.1. The number of methoxy groups -OCH3 is 1.